The van der Waals surface area contributed by atoms with Crippen LogP contribution in [0.25, 0.3) is 11.0 Å². The highest BCUT2D eigenvalue weighted by molar-refractivity contribution is 7.99. The number of aromatic amines is 1. The average molecular weight is 246 g/mol. The first-order valence-electron chi connectivity index (χ1n) is 5.10. The Hall–Kier alpha value is -1.88. The lowest BCUT2D eigenvalue weighted by molar-refractivity contribution is 0.415. The molecule has 0 aliphatic rings. The molecule has 4 nitrogen and oxygen atoms in total. The fraction of sp³-hybridized carbons (Fsp3) is 0.0833. The van der Waals surface area contributed by atoms with Crippen molar-refractivity contribution >= 4 is 22.8 Å². The van der Waals surface area contributed by atoms with Gasteiger partial charge in [-0.05, 0) is 36.0 Å². The largest absolute Gasteiger partial charge is 0.497 e. The third kappa shape index (κ3) is 2.01. The molecule has 0 aliphatic heterocycles. The molecule has 0 spiro atoms. The number of fused-ring (bicyclic) bond motifs is 1. The third-order valence-electron chi connectivity index (χ3n) is 2.36. The van der Waals surface area contributed by atoms with Crippen LogP contribution in [0.2, 0.25) is 0 Å². The second-order valence-corrected chi connectivity index (χ2v) is 4.45. The molecule has 86 valence electrons. The molecule has 0 unspecified atom stereocenters. The quantitative estimate of drug-likeness (QED) is 0.770. The molecule has 2 heterocycles. The summed E-state index contributed by atoms with van der Waals surface area (Å²) in [5, 5.41) is 1.62. The Bertz CT molecular complexity index is 631. The van der Waals surface area contributed by atoms with Gasteiger partial charge < -0.3 is 14.1 Å². The predicted molar refractivity (Wildman–Crippen MR) is 65.5 cm³/mol. The van der Waals surface area contributed by atoms with E-state index >= 15 is 0 Å². The molecule has 2 aromatic heterocycles. The minimum Gasteiger partial charge on any atom is -0.497 e. The van der Waals surface area contributed by atoms with Crippen molar-refractivity contribution in [3.63, 3.8) is 0 Å². The van der Waals surface area contributed by atoms with Crippen molar-refractivity contribution in [2.45, 2.75) is 10.2 Å². The molecule has 0 saturated carbocycles. The number of rotatable bonds is 3. The van der Waals surface area contributed by atoms with Gasteiger partial charge in [-0.3, -0.25) is 0 Å². The fourth-order valence-corrected chi connectivity index (χ4v) is 2.30. The fourth-order valence-electron chi connectivity index (χ4n) is 1.56. The minimum absolute atomic E-state index is 0.809. The molecule has 1 N–H and O–H groups in total. The van der Waals surface area contributed by atoms with E-state index in [1.165, 1.54) is 11.8 Å². The van der Waals surface area contributed by atoms with E-state index in [9.17, 15) is 0 Å². The highest BCUT2D eigenvalue weighted by Gasteiger charge is 2.06. The van der Waals surface area contributed by atoms with Crippen molar-refractivity contribution in [3.8, 4) is 5.75 Å². The molecule has 1 aromatic carbocycles. The summed E-state index contributed by atoms with van der Waals surface area (Å²) in [4.78, 5) is 7.68. The van der Waals surface area contributed by atoms with Gasteiger partial charge in [0, 0.05) is 6.07 Å². The Balaban J connectivity index is 1.96. The van der Waals surface area contributed by atoms with Crippen LogP contribution in [0.15, 0.2) is 51.3 Å². The van der Waals surface area contributed by atoms with Crippen molar-refractivity contribution < 1.29 is 9.15 Å². The summed E-state index contributed by atoms with van der Waals surface area (Å²) in [7, 11) is 1.65. The van der Waals surface area contributed by atoms with Crippen molar-refractivity contribution in [2.75, 3.05) is 7.11 Å². The Morgan fingerprint density at radius 3 is 3.06 bits per heavy atom. The van der Waals surface area contributed by atoms with E-state index in [1.54, 1.807) is 13.4 Å². The van der Waals surface area contributed by atoms with E-state index in [1.807, 2.05) is 30.3 Å². The van der Waals surface area contributed by atoms with Gasteiger partial charge in [0.1, 0.15) is 5.75 Å². The highest BCUT2D eigenvalue weighted by atomic mass is 32.2. The van der Waals surface area contributed by atoms with Gasteiger partial charge in [-0.15, -0.1) is 0 Å². The summed E-state index contributed by atoms with van der Waals surface area (Å²) in [5.41, 5.74) is 1.87. The molecule has 0 bridgehead atoms. The maximum Gasteiger partial charge on any atom is 0.174 e. The predicted octanol–water partition coefficient (Wildman–Crippen LogP) is 3.32. The molecule has 0 saturated heterocycles. The minimum atomic E-state index is 0.809. The number of hydrogen-bond donors (Lipinski definition) is 1. The number of ether oxygens (including phenoxy) is 1. The Morgan fingerprint density at radius 2 is 2.29 bits per heavy atom. The monoisotopic (exact) mass is 246 g/mol. The molecule has 3 rings (SSSR count). The van der Waals surface area contributed by atoms with Gasteiger partial charge in [-0.1, -0.05) is 0 Å². The molecular weight excluding hydrogens is 236 g/mol. The maximum absolute atomic E-state index is 5.26. The molecule has 0 aliphatic carbocycles. The average Bonchev–Trinajstić information content (AvgIpc) is 2.96. The zero-order chi connectivity index (χ0) is 11.7. The summed E-state index contributed by atoms with van der Waals surface area (Å²) in [5.74, 6) is 0.815. The summed E-state index contributed by atoms with van der Waals surface area (Å²) >= 11 is 1.46. The van der Waals surface area contributed by atoms with Crippen LogP contribution in [0.4, 0.5) is 0 Å². The zero-order valence-electron chi connectivity index (χ0n) is 9.14. The molecule has 5 heteroatoms. The Kier molecular flexibility index (Phi) is 2.53. The number of nitrogens with one attached hydrogen (secondary N) is 1. The van der Waals surface area contributed by atoms with Crippen LogP contribution in [0.3, 0.4) is 0 Å². The summed E-state index contributed by atoms with van der Waals surface area (Å²) in [6.45, 7) is 0. The number of methoxy groups -OCH3 is 1. The molecule has 0 radical (unpaired) electrons. The SMILES string of the molecule is COc1ccc2nc(Sc3ccco3)[nH]c2c1. The van der Waals surface area contributed by atoms with Gasteiger partial charge in [0.15, 0.2) is 10.2 Å². The van der Waals surface area contributed by atoms with Crippen LogP contribution in [0.1, 0.15) is 0 Å². The van der Waals surface area contributed by atoms with Crippen LogP contribution in [-0.4, -0.2) is 17.1 Å². The lowest BCUT2D eigenvalue weighted by atomic mass is 10.3. The van der Waals surface area contributed by atoms with Gasteiger partial charge in [0.25, 0.3) is 0 Å². The van der Waals surface area contributed by atoms with Gasteiger partial charge in [-0.2, -0.15) is 0 Å². The second-order valence-electron chi connectivity index (χ2n) is 3.46. The molecule has 0 fully saturated rings. The maximum atomic E-state index is 5.26. The van der Waals surface area contributed by atoms with E-state index < -0.39 is 0 Å². The summed E-state index contributed by atoms with van der Waals surface area (Å²) in [6.07, 6.45) is 1.65. The van der Waals surface area contributed by atoms with E-state index in [4.69, 9.17) is 9.15 Å². The second kappa shape index (κ2) is 4.18. The first-order chi connectivity index (χ1) is 8.35. The lowest BCUT2D eigenvalue weighted by Gasteiger charge is -1.96. The summed E-state index contributed by atoms with van der Waals surface area (Å²) < 4.78 is 10.4. The first kappa shape index (κ1) is 10.3. The number of nitrogens with zero attached hydrogens (tertiary/aromatic N) is 1. The third-order valence-corrected chi connectivity index (χ3v) is 3.18. The van der Waals surface area contributed by atoms with Gasteiger partial charge in [0.2, 0.25) is 0 Å². The van der Waals surface area contributed by atoms with E-state index in [-0.39, 0.29) is 0 Å². The molecule has 0 amide bonds. The van der Waals surface area contributed by atoms with Crippen LogP contribution in [0, 0.1) is 0 Å². The van der Waals surface area contributed by atoms with Crippen molar-refractivity contribution in [2.24, 2.45) is 0 Å². The molecule has 17 heavy (non-hydrogen) atoms. The smallest absolute Gasteiger partial charge is 0.174 e. The number of H-pyrrole nitrogens is 1. The first-order valence-corrected chi connectivity index (χ1v) is 5.92. The number of aromatic nitrogens is 2. The van der Waals surface area contributed by atoms with E-state index in [0.29, 0.717) is 0 Å². The van der Waals surface area contributed by atoms with Crippen LogP contribution in [-0.2, 0) is 0 Å². The lowest BCUT2D eigenvalue weighted by Crippen LogP contribution is -1.81. The standard InChI is InChI=1S/C12H10N2O2S/c1-15-8-4-5-9-10(7-8)14-12(13-9)17-11-3-2-6-16-11/h2-7H,1H3,(H,13,14). The van der Waals surface area contributed by atoms with Gasteiger partial charge >= 0.3 is 0 Å². The number of furan rings is 1. The Labute approximate surface area is 102 Å². The van der Waals surface area contributed by atoms with Crippen molar-refractivity contribution in [1.29, 1.82) is 0 Å². The van der Waals surface area contributed by atoms with E-state index in [0.717, 1.165) is 27.0 Å². The normalized spacial score (nSPS) is 10.9. The summed E-state index contributed by atoms with van der Waals surface area (Å²) in [6, 6.07) is 9.50. The number of imidazole rings is 1. The van der Waals surface area contributed by atoms with Crippen molar-refractivity contribution in [3.05, 3.63) is 36.6 Å². The topological polar surface area (TPSA) is 51.1 Å². The van der Waals surface area contributed by atoms with E-state index in [2.05, 4.69) is 9.97 Å². The Morgan fingerprint density at radius 1 is 1.35 bits per heavy atom. The van der Waals surface area contributed by atoms with Gasteiger partial charge in [0.05, 0.1) is 24.4 Å². The van der Waals surface area contributed by atoms with Crippen LogP contribution < -0.4 is 4.74 Å². The molecule has 3 aromatic rings. The van der Waals surface area contributed by atoms with Crippen molar-refractivity contribution in [1.82, 2.24) is 9.97 Å². The molecule has 0 atom stereocenters. The van der Waals surface area contributed by atoms with Crippen LogP contribution in [0.5, 0.6) is 5.75 Å². The highest BCUT2D eigenvalue weighted by Crippen LogP contribution is 2.28. The number of hydrogen-bond acceptors (Lipinski definition) is 4. The van der Waals surface area contributed by atoms with Gasteiger partial charge in [-0.25, -0.2) is 4.98 Å². The number of benzene rings is 1. The molecular formula is C12H10N2O2S. The van der Waals surface area contributed by atoms with Crippen LogP contribution >= 0.6 is 11.8 Å². The zero-order valence-corrected chi connectivity index (χ0v) is 9.95.